The second-order valence-corrected chi connectivity index (χ2v) is 8.53. The number of amides is 1. The third-order valence-corrected chi connectivity index (χ3v) is 5.54. The Labute approximate surface area is 153 Å². The molecule has 0 aliphatic carbocycles. The average Bonchev–Trinajstić information content (AvgIpc) is 3.07. The van der Waals surface area contributed by atoms with Crippen LogP contribution in [0.4, 0.5) is 0 Å². The van der Waals surface area contributed by atoms with Gasteiger partial charge in [-0.05, 0) is 24.6 Å². The molecule has 2 rings (SSSR count). The molecule has 0 saturated carbocycles. The van der Waals surface area contributed by atoms with E-state index in [1.807, 2.05) is 13.8 Å². The Kier molecular flexibility index (Phi) is 6.49. The molecule has 0 aliphatic rings. The molecular formula is C17H24N4O4S. The summed E-state index contributed by atoms with van der Waals surface area (Å²) < 4.78 is 30.5. The number of benzene rings is 1. The largest absolute Gasteiger partial charge is 0.352 e. The molecule has 1 aromatic carbocycles. The van der Waals surface area contributed by atoms with Gasteiger partial charge in [0.15, 0.2) is 5.82 Å². The summed E-state index contributed by atoms with van der Waals surface area (Å²) in [6, 6.07) is 5.97. The van der Waals surface area contributed by atoms with Gasteiger partial charge in [0, 0.05) is 38.5 Å². The molecule has 0 aliphatic heterocycles. The SMILES string of the molecule is CC(C)c1noc(CCCNC(=O)c2cccc(S(=O)(=O)N(C)C)c2)n1. The number of aromatic nitrogens is 2. The van der Waals surface area contributed by atoms with Crippen LogP contribution in [0, 0.1) is 0 Å². The van der Waals surface area contributed by atoms with Crippen LogP contribution >= 0.6 is 0 Å². The van der Waals surface area contributed by atoms with Crippen molar-refractivity contribution in [3.05, 3.63) is 41.5 Å². The number of hydrogen-bond donors (Lipinski definition) is 1. The normalized spacial score (nSPS) is 11.9. The third-order valence-electron chi connectivity index (χ3n) is 3.73. The Morgan fingerprint density at radius 3 is 2.65 bits per heavy atom. The Balaban J connectivity index is 1.90. The fourth-order valence-electron chi connectivity index (χ4n) is 2.16. The van der Waals surface area contributed by atoms with Crippen LogP contribution in [0.1, 0.15) is 48.3 Å². The van der Waals surface area contributed by atoms with E-state index in [1.165, 1.54) is 26.2 Å². The van der Waals surface area contributed by atoms with Crippen molar-refractivity contribution in [2.24, 2.45) is 0 Å². The lowest BCUT2D eigenvalue weighted by Gasteiger charge is -2.12. The van der Waals surface area contributed by atoms with E-state index in [9.17, 15) is 13.2 Å². The van der Waals surface area contributed by atoms with Crippen LogP contribution < -0.4 is 5.32 Å². The average molecular weight is 380 g/mol. The lowest BCUT2D eigenvalue weighted by Crippen LogP contribution is -2.26. The smallest absolute Gasteiger partial charge is 0.251 e. The molecule has 0 spiro atoms. The van der Waals surface area contributed by atoms with Gasteiger partial charge in [-0.1, -0.05) is 25.1 Å². The fraction of sp³-hybridized carbons (Fsp3) is 0.471. The van der Waals surface area contributed by atoms with Crippen molar-refractivity contribution in [2.75, 3.05) is 20.6 Å². The maximum Gasteiger partial charge on any atom is 0.251 e. The van der Waals surface area contributed by atoms with Gasteiger partial charge in [-0.3, -0.25) is 4.79 Å². The van der Waals surface area contributed by atoms with Crippen LogP contribution in [0.5, 0.6) is 0 Å². The van der Waals surface area contributed by atoms with Gasteiger partial charge >= 0.3 is 0 Å². The first kappa shape index (κ1) is 20.1. The third kappa shape index (κ3) is 4.89. The second-order valence-electron chi connectivity index (χ2n) is 6.38. The van der Waals surface area contributed by atoms with E-state index < -0.39 is 10.0 Å². The number of sulfonamides is 1. The number of nitrogens with zero attached hydrogens (tertiary/aromatic N) is 3. The summed E-state index contributed by atoms with van der Waals surface area (Å²) in [6.07, 6.45) is 1.20. The highest BCUT2D eigenvalue weighted by atomic mass is 32.2. The molecule has 0 saturated heterocycles. The van der Waals surface area contributed by atoms with E-state index in [2.05, 4.69) is 15.5 Å². The van der Waals surface area contributed by atoms with Crippen LogP contribution in [0.3, 0.4) is 0 Å². The van der Waals surface area contributed by atoms with Crippen molar-refractivity contribution in [1.82, 2.24) is 19.8 Å². The molecule has 2 aromatic rings. The van der Waals surface area contributed by atoms with Gasteiger partial charge in [-0.2, -0.15) is 4.98 Å². The number of carbonyl (C=O) groups is 1. The van der Waals surface area contributed by atoms with Crippen LogP contribution in [0.25, 0.3) is 0 Å². The minimum Gasteiger partial charge on any atom is -0.352 e. The van der Waals surface area contributed by atoms with Gasteiger partial charge in [0.2, 0.25) is 15.9 Å². The van der Waals surface area contributed by atoms with Crippen LogP contribution in [-0.4, -0.2) is 49.4 Å². The number of nitrogens with one attached hydrogen (secondary N) is 1. The van der Waals surface area contributed by atoms with Crippen molar-refractivity contribution >= 4 is 15.9 Å². The molecule has 0 bridgehead atoms. The van der Waals surface area contributed by atoms with E-state index in [0.717, 1.165) is 4.31 Å². The predicted molar refractivity (Wildman–Crippen MR) is 96.4 cm³/mol. The highest BCUT2D eigenvalue weighted by Gasteiger charge is 2.18. The summed E-state index contributed by atoms with van der Waals surface area (Å²) in [4.78, 5) is 16.6. The van der Waals surface area contributed by atoms with Gasteiger partial charge in [0.25, 0.3) is 5.91 Å². The quantitative estimate of drug-likeness (QED) is 0.700. The zero-order valence-corrected chi connectivity index (χ0v) is 16.2. The van der Waals surface area contributed by atoms with Crippen LogP contribution in [0.2, 0.25) is 0 Å². The zero-order chi connectivity index (χ0) is 19.3. The Hall–Kier alpha value is -2.26. The van der Waals surface area contributed by atoms with Crippen LogP contribution in [-0.2, 0) is 16.4 Å². The minimum atomic E-state index is -3.57. The molecule has 26 heavy (non-hydrogen) atoms. The fourth-order valence-corrected chi connectivity index (χ4v) is 3.10. The molecule has 1 amide bonds. The van der Waals surface area contributed by atoms with Crippen LogP contribution in [0.15, 0.2) is 33.7 Å². The first-order valence-electron chi connectivity index (χ1n) is 8.35. The van der Waals surface area contributed by atoms with E-state index in [-0.39, 0.29) is 16.7 Å². The van der Waals surface area contributed by atoms with Crippen molar-refractivity contribution < 1.29 is 17.7 Å². The monoisotopic (exact) mass is 380 g/mol. The first-order chi connectivity index (χ1) is 12.2. The Morgan fingerprint density at radius 2 is 2.04 bits per heavy atom. The van der Waals surface area contributed by atoms with E-state index >= 15 is 0 Å². The molecule has 0 radical (unpaired) electrons. The maximum atomic E-state index is 12.2. The molecule has 9 heteroatoms. The Bertz CT molecular complexity index is 859. The van der Waals surface area contributed by atoms with Gasteiger partial charge < -0.3 is 9.84 Å². The molecule has 0 unspecified atom stereocenters. The molecule has 0 atom stereocenters. The summed E-state index contributed by atoms with van der Waals surface area (Å²) in [5.74, 6) is 1.09. The number of carbonyl (C=O) groups excluding carboxylic acids is 1. The predicted octanol–water partition coefficient (Wildman–Crippen LogP) is 1.81. The maximum absolute atomic E-state index is 12.2. The summed E-state index contributed by atoms with van der Waals surface area (Å²) >= 11 is 0. The molecule has 1 aromatic heterocycles. The van der Waals surface area contributed by atoms with E-state index in [1.54, 1.807) is 12.1 Å². The summed E-state index contributed by atoms with van der Waals surface area (Å²) in [5.41, 5.74) is 0.299. The number of hydrogen-bond acceptors (Lipinski definition) is 6. The first-order valence-corrected chi connectivity index (χ1v) is 9.79. The topological polar surface area (TPSA) is 105 Å². The molecule has 0 fully saturated rings. The lowest BCUT2D eigenvalue weighted by molar-refractivity contribution is 0.0952. The van der Waals surface area contributed by atoms with Gasteiger partial charge in [0.05, 0.1) is 4.90 Å². The lowest BCUT2D eigenvalue weighted by atomic mass is 10.2. The van der Waals surface area contributed by atoms with Crippen molar-refractivity contribution in [3.63, 3.8) is 0 Å². The zero-order valence-electron chi connectivity index (χ0n) is 15.4. The second kappa shape index (κ2) is 8.41. The standard InChI is InChI=1S/C17H24N4O4S/c1-12(2)16-19-15(25-20-16)9-6-10-18-17(22)13-7-5-8-14(11-13)26(23,24)21(3)4/h5,7-8,11-12H,6,9-10H2,1-4H3,(H,18,22). The molecule has 1 heterocycles. The minimum absolute atomic E-state index is 0.0854. The molecule has 1 N–H and O–H groups in total. The van der Waals surface area contributed by atoms with Crippen molar-refractivity contribution in [3.8, 4) is 0 Å². The van der Waals surface area contributed by atoms with Crippen molar-refractivity contribution in [2.45, 2.75) is 37.5 Å². The Morgan fingerprint density at radius 1 is 1.31 bits per heavy atom. The van der Waals surface area contributed by atoms with Gasteiger partial charge in [0.1, 0.15) is 0 Å². The van der Waals surface area contributed by atoms with Gasteiger partial charge in [-0.25, -0.2) is 12.7 Å². The summed E-state index contributed by atoms with van der Waals surface area (Å²) in [7, 11) is -0.676. The number of rotatable bonds is 8. The summed E-state index contributed by atoms with van der Waals surface area (Å²) in [6.45, 7) is 4.39. The van der Waals surface area contributed by atoms with E-state index in [0.29, 0.717) is 36.7 Å². The van der Waals surface area contributed by atoms with E-state index in [4.69, 9.17) is 4.52 Å². The molecule has 8 nitrogen and oxygen atoms in total. The molecule has 142 valence electrons. The highest BCUT2D eigenvalue weighted by Crippen LogP contribution is 2.15. The summed E-state index contributed by atoms with van der Waals surface area (Å²) in [5, 5.41) is 6.66. The molecular weight excluding hydrogens is 356 g/mol. The van der Waals surface area contributed by atoms with Gasteiger partial charge in [-0.15, -0.1) is 0 Å². The number of aryl methyl sites for hydroxylation is 1. The highest BCUT2D eigenvalue weighted by molar-refractivity contribution is 7.89. The van der Waals surface area contributed by atoms with Crippen molar-refractivity contribution in [1.29, 1.82) is 0 Å².